The predicted molar refractivity (Wildman–Crippen MR) is 137 cm³/mol. The Morgan fingerprint density at radius 3 is 1.84 bits per heavy atom. The molecule has 2 aliphatic rings. The molecule has 2 aromatic carbocycles. The summed E-state index contributed by atoms with van der Waals surface area (Å²) in [6, 6.07) is 2.51. The van der Waals surface area contributed by atoms with Crippen LogP contribution >= 0.6 is 0 Å². The highest BCUT2D eigenvalue weighted by atomic mass is 19.4. The van der Waals surface area contributed by atoms with Gasteiger partial charge in [0.2, 0.25) is 0 Å². The number of rotatable bonds is 11. The summed E-state index contributed by atoms with van der Waals surface area (Å²) in [5, 5.41) is 0. The smallest absolute Gasteiger partial charge is 0.432 e. The molecule has 1 aliphatic carbocycles. The molecule has 1 saturated carbocycles. The Morgan fingerprint density at radius 2 is 1.33 bits per heavy atom. The van der Waals surface area contributed by atoms with Crippen LogP contribution in [0.25, 0.3) is 0 Å². The van der Waals surface area contributed by atoms with Gasteiger partial charge in [0.15, 0.2) is 0 Å². The third-order valence-corrected chi connectivity index (χ3v) is 8.12. The summed E-state index contributed by atoms with van der Waals surface area (Å²) in [7, 11) is 0. The molecule has 4 nitrogen and oxygen atoms in total. The summed E-state index contributed by atoms with van der Waals surface area (Å²) in [6.45, 7) is 2.79. The molecule has 0 aromatic heterocycles. The standard InChI is InChI=1S/C30H31F11O4/c1-2-3-17-4-13-25(42-16-17)18-5-7-19(8-6-18)27(33,34)43-21-11-9-20(10-12-21)28(35,36)44-22-14-23(31)26(24(32)15-22)29(37,38)45-30(39,40)41/h9-12,14-15,17-19,25H,2-8,13,16H2,1H3. The van der Waals surface area contributed by atoms with Crippen LogP contribution in [0.1, 0.15) is 69.4 Å². The van der Waals surface area contributed by atoms with E-state index >= 15 is 0 Å². The minimum atomic E-state index is -5.98. The van der Waals surface area contributed by atoms with Gasteiger partial charge in [-0.25, -0.2) is 13.5 Å². The summed E-state index contributed by atoms with van der Waals surface area (Å²) in [5.74, 6) is -6.94. The van der Waals surface area contributed by atoms with E-state index in [1.54, 1.807) is 0 Å². The van der Waals surface area contributed by atoms with Crippen LogP contribution in [-0.4, -0.2) is 25.2 Å². The Labute approximate surface area is 251 Å². The Morgan fingerprint density at radius 1 is 0.733 bits per heavy atom. The zero-order valence-corrected chi connectivity index (χ0v) is 23.9. The first-order chi connectivity index (χ1) is 20.9. The Kier molecular flexibility index (Phi) is 10.5. The fraction of sp³-hybridized carbons (Fsp3) is 0.600. The highest BCUT2D eigenvalue weighted by Crippen LogP contribution is 2.44. The quantitative estimate of drug-likeness (QED) is 0.224. The van der Waals surface area contributed by atoms with Crippen molar-refractivity contribution in [2.45, 2.75) is 89.1 Å². The van der Waals surface area contributed by atoms with Crippen LogP contribution in [0.4, 0.5) is 48.3 Å². The maximum atomic E-state index is 15.0. The number of hydrogen-bond donors (Lipinski definition) is 0. The second-order valence-electron chi connectivity index (χ2n) is 11.3. The first-order valence-corrected chi connectivity index (χ1v) is 14.4. The van der Waals surface area contributed by atoms with Gasteiger partial charge in [0.25, 0.3) is 0 Å². The maximum Gasteiger partial charge on any atom is 0.527 e. The van der Waals surface area contributed by atoms with E-state index in [0.29, 0.717) is 37.5 Å². The maximum absolute atomic E-state index is 15.0. The fourth-order valence-corrected chi connectivity index (χ4v) is 5.91. The molecule has 4 rings (SSSR count). The highest BCUT2D eigenvalue weighted by molar-refractivity contribution is 5.34. The molecule has 1 heterocycles. The monoisotopic (exact) mass is 664 g/mol. The summed E-state index contributed by atoms with van der Waals surface area (Å²) in [4.78, 5) is 0. The lowest BCUT2D eigenvalue weighted by Gasteiger charge is -2.39. The SMILES string of the molecule is CCCC1CCC(C2CCC(C(F)(F)Oc3ccc(C(F)(F)Oc4cc(F)c(C(F)(F)OC(F)(F)F)c(F)c4)cc3)CC2)OC1. The summed E-state index contributed by atoms with van der Waals surface area (Å²) in [5.41, 5.74) is -3.47. The van der Waals surface area contributed by atoms with Gasteiger partial charge >= 0.3 is 24.7 Å². The van der Waals surface area contributed by atoms with E-state index in [1.807, 2.05) is 0 Å². The molecule has 2 unspecified atom stereocenters. The third kappa shape index (κ3) is 8.93. The van der Waals surface area contributed by atoms with Gasteiger partial charge in [-0.1, -0.05) is 13.3 Å². The normalized spacial score (nSPS) is 23.6. The molecule has 252 valence electrons. The number of halogens is 11. The predicted octanol–water partition coefficient (Wildman–Crippen LogP) is 10.1. The topological polar surface area (TPSA) is 36.9 Å². The van der Waals surface area contributed by atoms with Crippen LogP contribution in [0.15, 0.2) is 36.4 Å². The van der Waals surface area contributed by atoms with Crippen LogP contribution in [0.3, 0.4) is 0 Å². The second-order valence-corrected chi connectivity index (χ2v) is 11.3. The third-order valence-electron chi connectivity index (χ3n) is 8.12. The fourth-order valence-electron chi connectivity index (χ4n) is 5.91. The highest BCUT2D eigenvalue weighted by Gasteiger charge is 2.50. The van der Waals surface area contributed by atoms with E-state index in [9.17, 15) is 48.3 Å². The molecule has 1 saturated heterocycles. The first-order valence-electron chi connectivity index (χ1n) is 14.4. The Bertz CT molecular complexity index is 1240. The molecule has 0 spiro atoms. The molecule has 0 bridgehead atoms. The summed E-state index contributed by atoms with van der Waals surface area (Å²) in [6.07, 6.45) is -13.9. The van der Waals surface area contributed by atoms with Crippen molar-refractivity contribution < 1.29 is 67.2 Å². The van der Waals surface area contributed by atoms with E-state index in [1.165, 1.54) is 0 Å². The van der Waals surface area contributed by atoms with E-state index < -0.39 is 64.9 Å². The van der Waals surface area contributed by atoms with Gasteiger partial charge in [-0.15, -0.1) is 13.2 Å². The molecular weight excluding hydrogens is 633 g/mol. The van der Waals surface area contributed by atoms with Crippen molar-refractivity contribution in [3.63, 3.8) is 0 Å². The summed E-state index contributed by atoms with van der Waals surface area (Å²) >= 11 is 0. The lowest BCUT2D eigenvalue weighted by molar-refractivity contribution is -0.432. The van der Waals surface area contributed by atoms with E-state index in [2.05, 4.69) is 16.4 Å². The van der Waals surface area contributed by atoms with E-state index in [0.717, 1.165) is 37.8 Å². The average molecular weight is 665 g/mol. The van der Waals surface area contributed by atoms with Crippen molar-refractivity contribution in [2.24, 2.45) is 17.8 Å². The van der Waals surface area contributed by atoms with Crippen LogP contribution < -0.4 is 9.47 Å². The van der Waals surface area contributed by atoms with Crippen LogP contribution in [-0.2, 0) is 21.7 Å². The Hall–Kier alpha value is -2.81. The van der Waals surface area contributed by atoms with Gasteiger partial charge in [-0.05, 0) is 81.0 Å². The molecule has 2 fully saturated rings. The minimum absolute atomic E-state index is 0.0419. The molecule has 0 N–H and O–H groups in total. The molecule has 2 atom stereocenters. The van der Waals surface area contributed by atoms with Gasteiger partial charge in [0, 0.05) is 18.7 Å². The summed E-state index contributed by atoms with van der Waals surface area (Å²) < 4.78 is 169. The average Bonchev–Trinajstić information content (AvgIpc) is 2.92. The molecule has 45 heavy (non-hydrogen) atoms. The van der Waals surface area contributed by atoms with Gasteiger partial charge in [-0.2, -0.15) is 26.3 Å². The minimum Gasteiger partial charge on any atom is -0.432 e. The van der Waals surface area contributed by atoms with Crippen LogP contribution in [0.2, 0.25) is 0 Å². The van der Waals surface area contributed by atoms with Crippen molar-refractivity contribution in [2.75, 3.05) is 6.61 Å². The zero-order valence-electron chi connectivity index (χ0n) is 23.9. The molecule has 15 heteroatoms. The van der Waals surface area contributed by atoms with Crippen LogP contribution in [0, 0.1) is 29.4 Å². The lowest BCUT2D eigenvalue weighted by atomic mass is 9.76. The van der Waals surface area contributed by atoms with Gasteiger partial charge < -0.3 is 14.2 Å². The molecular formula is C30H31F11O4. The van der Waals surface area contributed by atoms with Crippen molar-refractivity contribution in [1.29, 1.82) is 0 Å². The zero-order chi connectivity index (χ0) is 33.2. The largest absolute Gasteiger partial charge is 0.527 e. The first kappa shape index (κ1) is 35.1. The van der Waals surface area contributed by atoms with Gasteiger partial charge in [0.05, 0.1) is 17.6 Å². The van der Waals surface area contributed by atoms with E-state index in [4.69, 9.17) is 9.47 Å². The Balaban J connectivity index is 1.34. The molecule has 0 radical (unpaired) electrons. The lowest BCUT2D eigenvalue weighted by Crippen LogP contribution is -2.40. The van der Waals surface area contributed by atoms with Crippen molar-refractivity contribution in [1.82, 2.24) is 0 Å². The van der Waals surface area contributed by atoms with Gasteiger partial charge in [-0.3, -0.25) is 0 Å². The number of ether oxygens (including phenoxy) is 4. The van der Waals surface area contributed by atoms with Crippen molar-refractivity contribution >= 4 is 0 Å². The van der Waals surface area contributed by atoms with Crippen molar-refractivity contribution in [3.8, 4) is 11.5 Å². The number of alkyl halides is 9. The number of benzene rings is 2. The van der Waals surface area contributed by atoms with E-state index in [-0.39, 0.29) is 37.0 Å². The molecule has 0 amide bonds. The molecule has 1 aliphatic heterocycles. The van der Waals surface area contributed by atoms with Gasteiger partial charge in [0.1, 0.15) is 28.7 Å². The van der Waals surface area contributed by atoms with Crippen molar-refractivity contribution in [3.05, 3.63) is 59.2 Å². The second kappa shape index (κ2) is 13.5. The molecule has 2 aromatic rings. The van der Waals surface area contributed by atoms with Crippen LogP contribution in [0.5, 0.6) is 11.5 Å². The number of hydrogen-bond acceptors (Lipinski definition) is 4.